The summed E-state index contributed by atoms with van der Waals surface area (Å²) in [7, 11) is 0. The third kappa shape index (κ3) is 3.80. The van der Waals surface area contributed by atoms with Crippen LogP contribution >= 0.6 is 23.2 Å². The van der Waals surface area contributed by atoms with Gasteiger partial charge in [0.1, 0.15) is 5.75 Å². The first kappa shape index (κ1) is 14.2. The number of hydrogen-bond donors (Lipinski definition) is 0. The Hall–Kier alpha value is -0.910. The highest BCUT2D eigenvalue weighted by Gasteiger charge is 2.16. The molecule has 0 aliphatic heterocycles. The minimum atomic E-state index is 0.201. The Bertz CT molecular complexity index is 426. The molecule has 0 saturated heterocycles. The van der Waals surface area contributed by atoms with Gasteiger partial charge < -0.3 is 4.74 Å². The number of ether oxygens (including phenoxy) is 1. The number of benzene rings is 1. The van der Waals surface area contributed by atoms with Crippen LogP contribution in [0.1, 0.15) is 38.2 Å². The summed E-state index contributed by atoms with van der Waals surface area (Å²) in [6.07, 6.45) is 1.28. The minimum absolute atomic E-state index is 0.201. The molecule has 0 N–H and O–H groups in total. The fourth-order valence-electron chi connectivity index (χ4n) is 1.68. The first-order valence-corrected chi connectivity index (χ1v) is 6.34. The Morgan fingerprint density at radius 3 is 2.71 bits per heavy atom. The third-order valence-electron chi connectivity index (χ3n) is 2.55. The van der Waals surface area contributed by atoms with E-state index in [0.29, 0.717) is 28.8 Å². The number of hydrogen-bond acceptors (Lipinski definition) is 2. The molecule has 0 aromatic heterocycles. The molecule has 0 spiro atoms. The van der Waals surface area contributed by atoms with Crippen molar-refractivity contribution in [3.05, 3.63) is 27.7 Å². The van der Waals surface area contributed by atoms with E-state index in [0.717, 1.165) is 12.0 Å². The molecular formula is C13H15Cl2NO. The van der Waals surface area contributed by atoms with E-state index >= 15 is 0 Å². The molecular weight excluding hydrogens is 257 g/mol. The number of halogens is 2. The van der Waals surface area contributed by atoms with E-state index in [1.165, 1.54) is 0 Å². The van der Waals surface area contributed by atoms with E-state index in [4.69, 9.17) is 33.2 Å². The van der Waals surface area contributed by atoms with Crippen LogP contribution in [-0.2, 0) is 0 Å². The van der Waals surface area contributed by atoms with Crippen molar-refractivity contribution in [3.63, 3.8) is 0 Å². The summed E-state index contributed by atoms with van der Waals surface area (Å²) >= 11 is 12.1. The molecule has 0 fully saturated rings. The molecule has 92 valence electrons. The van der Waals surface area contributed by atoms with Gasteiger partial charge in [0.05, 0.1) is 17.7 Å². The maximum Gasteiger partial charge on any atom is 0.141 e. The van der Waals surface area contributed by atoms with Gasteiger partial charge in [-0.25, -0.2) is 0 Å². The van der Waals surface area contributed by atoms with Gasteiger partial charge in [-0.1, -0.05) is 30.1 Å². The van der Waals surface area contributed by atoms with Gasteiger partial charge >= 0.3 is 0 Å². The van der Waals surface area contributed by atoms with Crippen LogP contribution in [0.2, 0.25) is 10.0 Å². The van der Waals surface area contributed by atoms with E-state index in [2.05, 4.69) is 6.07 Å². The number of nitriles is 1. The predicted octanol–water partition coefficient (Wildman–Crippen LogP) is 4.80. The predicted molar refractivity (Wildman–Crippen MR) is 70.9 cm³/mol. The molecule has 1 unspecified atom stereocenters. The molecule has 4 heteroatoms. The van der Waals surface area contributed by atoms with Crippen molar-refractivity contribution >= 4 is 23.2 Å². The lowest BCUT2D eigenvalue weighted by Gasteiger charge is -2.17. The largest absolute Gasteiger partial charge is 0.492 e. The minimum Gasteiger partial charge on any atom is -0.492 e. The van der Waals surface area contributed by atoms with Crippen molar-refractivity contribution < 1.29 is 4.74 Å². The lowest BCUT2D eigenvalue weighted by atomic mass is 9.95. The maximum atomic E-state index is 8.61. The van der Waals surface area contributed by atoms with Gasteiger partial charge in [0.15, 0.2) is 0 Å². The molecule has 0 bridgehead atoms. The van der Waals surface area contributed by atoms with E-state index in [-0.39, 0.29) is 5.92 Å². The van der Waals surface area contributed by atoms with Crippen LogP contribution < -0.4 is 4.74 Å². The molecule has 0 heterocycles. The summed E-state index contributed by atoms with van der Waals surface area (Å²) in [6, 6.07) is 5.68. The van der Waals surface area contributed by atoms with Gasteiger partial charge in [0.2, 0.25) is 0 Å². The van der Waals surface area contributed by atoms with Crippen molar-refractivity contribution in [1.29, 1.82) is 5.26 Å². The fourth-order valence-corrected chi connectivity index (χ4v) is 2.24. The van der Waals surface area contributed by atoms with E-state index in [9.17, 15) is 0 Å². The van der Waals surface area contributed by atoms with Crippen molar-refractivity contribution in [2.24, 2.45) is 0 Å². The van der Waals surface area contributed by atoms with Crippen LogP contribution in [0.5, 0.6) is 5.75 Å². The fraction of sp³-hybridized carbons (Fsp3) is 0.462. The molecule has 17 heavy (non-hydrogen) atoms. The first-order chi connectivity index (χ1) is 8.10. The summed E-state index contributed by atoms with van der Waals surface area (Å²) in [5.41, 5.74) is 0.972. The van der Waals surface area contributed by atoms with Gasteiger partial charge in [-0.15, -0.1) is 0 Å². The second kappa shape index (κ2) is 6.74. The molecule has 1 rings (SSSR count). The molecule has 1 aromatic rings. The zero-order valence-electron chi connectivity index (χ0n) is 9.96. The Kier molecular flexibility index (Phi) is 5.61. The second-order valence-electron chi connectivity index (χ2n) is 3.84. The van der Waals surface area contributed by atoms with Gasteiger partial charge in [-0.05, 0) is 31.4 Å². The lowest BCUT2D eigenvalue weighted by molar-refractivity contribution is 0.334. The highest BCUT2D eigenvalue weighted by molar-refractivity contribution is 6.35. The summed E-state index contributed by atoms with van der Waals surface area (Å²) in [4.78, 5) is 0. The van der Waals surface area contributed by atoms with E-state index in [1.807, 2.05) is 19.9 Å². The number of nitrogens with zero attached hydrogens (tertiary/aromatic N) is 1. The average Bonchev–Trinajstić information content (AvgIpc) is 2.29. The Morgan fingerprint density at radius 2 is 2.12 bits per heavy atom. The summed E-state index contributed by atoms with van der Waals surface area (Å²) < 4.78 is 5.55. The monoisotopic (exact) mass is 271 g/mol. The Balaban J connectivity index is 3.06. The van der Waals surface area contributed by atoms with Crippen LogP contribution in [0.15, 0.2) is 12.1 Å². The second-order valence-corrected chi connectivity index (χ2v) is 4.68. The zero-order chi connectivity index (χ0) is 12.8. The smallest absolute Gasteiger partial charge is 0.141 e. The zero-order valence-corrected chi connectivity index (χ0v) is 11.5. The summed E-state index contributed by atoms with van der Waals surface area (Å²) in [5, 5.41) is 9.73. The van der Waals surface area contributed by atoms with E-state index in [1.54, 1.807) is 6.07 Å². The molecule has 0 amide bonds. The molecule has 0 aliphatic carbocycles. The van der Waals surface area contributed by atoms with Crippen LogP contribution in [0, 0.1) is 11.3 Å². The van der Waals surface area contributed by atoms with Gasteiger partial charge in [0, 0.05) is 17.0 Å². The topological polar surface area (TPSA) is 33.0 Å². The van der Waals surface area contributed by atoms with Crippen molar-refractivity contribution in [3.8, 4) is 11.8 Å². The SMILES string of the molecule is CCOc1c(Cl)cc(Cl)cc1C(C)CCC#N. The quantitative estimate of drug-likeness (QED) is 0.771. The molecule has 1 atom stereocenters. The molecule has 0 radical (unpaired) electrons. The van der Waals surface area contributed by atoms with E-state index < -0.39 is 0 Å². The highest BCUT2D eigenvalue weighted by atomic mass is 35.5. The summed E-state index contributed by atoms with van der Waals surface area (Å²) in [6.45, 7) is 4.51. The molecule has 1 aromatic carbocycles. The van der Waals surface area contributed by atoms with Crippen LogP contribution in [0.3, 0.4) is 0 Å². The van der Waals surface area contributed by atoms with Crippen LogP contribution in [0.4, 0.5) is 0 Å². The molecule has 2 nitrogen and oxygen atoms in total. The first-order valence-electron chi connectivity index (χ1n) is 5.58. The number of rotatable bonds is 5. The van der Waals surface area contributed by atoms with Crippen LogP contribution in [-0.4, -0.2) is 6.61 Å². The molecule has 0 aliphatic rings. The average molecular weight is 272 g/mol. The van der Waals surface area contributed by atoms with Crippen molar-refractivity contribution in [2.45, 2.75) is 32.6 Å². The van der Waals surface area contributed by atoms with Gasteiger partial charge in [-0.3, -0.25) is 0 Å². The van der Waals surface area contributed by atoms with Crippen molar-refractivity contribution in [1.82, 2.24) is 0 Å². The van der Waals surface area contributed by atoms with Gasteiger partial charge in [0.25, 0.3) is 0 Å². The lowest BCUT2D eigenvalue weighted by Crippen LogP contribution is -2.01. The molecule has 0 saturated carbocycles. The maximum absolute atomic E-state index is 8.61. The Morgan fingerprint density at radius 1 is 1.41 bits per heavy atom. The van der Waals surface area contributed by atoms with Gasteiger partial charge in [-0.2, -0.15) is 5.26 Å². The normalized spacial score (nSPS) is 11.9. The van der Waals surface area contributed by atoms with Crippen LogP contribution in [0.25, 0.3) is 0 Å². The third-order valence-corrected chi connectivity index (χ3v) is 3.04. The standard InChI is InChI=1S/C13H15Cl2NO/c1-3-17-13-11(9(2)5-4-6-16)7-10(14)8-12(13)15/h7-9H,3-5H2,1-2H3. The Labute approximate surface area is 112 Å². The highest BCUT2D eigenvalue weighted by Crippen LogP contribution is 2.38. The summed E-state index contributed by atoms with van der Waals surface area (Å²) in [5.74, 6) is 0.886. The van der Waals surface area contributed by atoms with Crippen molar-refractivity contribution in [2.75, 3.05) is 6.61 Å².